The minimum atomic E-state index is -0.867. The van der Waals surface area contributed by atoms with Gasteiger partial charge in [0.05, 0.1) is 5.02 Å². The molecule has 18 heavy (non-hydrogen) atoms. The van der Waals surface area contributed by atoms with Crippen LogP contribution in [0.2, 0.25) is 5.02 Å². The molecule has 0 radical (unpaired) electrons. The van der Waals surface area contributed by atoms with Crippen LogP contribution in [-0.4, -0.2) is 35.3 Å². The predicted octanol–water partition coefficient (Wildman–Crippen LogP) is 3.62. The Hall–Kier alpha value is -0.940. The fourth-order valence-electron chi connectivity index (χ4n) is 1.91. The van der Waals surface area contributed by atoms with Gasteiger partial charge in [0.25, 0.3) is 0 Å². The van der Waals surface area contributed by atoms with Crippen LogP contribution in [0.5, 0.6) is 5.75 Å². The number of hydrogen-bond acceptors (Lipinski definition) is 2. The molecule has 4 nitrogen and oxygen atoms in total. The van der Waals surface area contributed by atoms with E-state index in [-0.39, 0.29) is 6.10 Å². The molecular formula is C12H13BrClNO3. The molecule has 1 fully saturated rings. The summed E-state index contributed by atoms with van der Waals surface area (Å²) in [7, 11) is 0. The number of nitrogens with zero attached hydrogens (tertiary/aromatic N) is 1. The summed E-state index contributed by atoms with van der Waals surface area (Å²) in [5.74, 6) is 0.639. The molecule has 0 atom stereocenters. The molecule has 1 amide bonds. The molecule has 1 saturated heterocycles. The van der Waals surface area contributed by atoms with Gasteiger partial charge in [-0.2, -0.15) is 0 Å². The van der Waals surface area contributed by atoms with Crippen molar-refractivity contribution in [2.45, 2.75) is 18.9 Å². The summed E-state index contributed by atoms with van der Waals surface area (Å²) in [5, 5.41) is 9.42. The molecule has 1 aromatic rings. The van der Waals surface area contributed by atoms with Gasteiger partial charge in [-0.3, -0.25) is 0 Å². The SMILES string of the molecule is O=C(O)N1CCC(Oc2cc(Br)ccc2Cl)CC1. The van der Waals surface area contributed by atoms with Gasteiger partial charge >= 0.3 is 6.09 Å². The molecule has 1 aromatic carbocycles. The van der Waals surface area contributed by atoms with Crippen molar-refractivity contribution in [1.29, 1.82) is 0 Å². The number of amides is 1. The van der Waals surface area contributed by atoms with E-state index in [1.54, 1.807) is 6.07 Å². The lowest BCUT2D eigenvalue weighted by molar-refractivity contribution is 0.0895. The molecule has 1 aliphatic rings. The van der Waals surface area contributed by atoms with E-state index in [9.17, 15) is 4.79 Å². The lowest BCUT2D eigenvalue weighted by Crippen LogP contribution is -2.41. The molecule has 98 valence electrons. The number of carbonyl (C=O) groups is 1. The number of likely N-dealkylation sites (tertiary alicyclic amines) is 1. The number of carboxylic acid groups (broad SMARTS) is 1. The molecule has 1 heterocycles. The summed E-state index contributed by atoms with van der Waals surface area (Å²) >= 11 is 9.41. The van der Waals surface area contributed by atoms with Crippen molar-refractivity contribution in [1.82, 2.24) is 4.90 Å². The van der Waals surface area contributed by atoms with E-state index in [0.717, 1.165) is 4.47 Å². The number of hydrogen-bond donors (Lipinski definition) is 1. The molecule has 0 aliphatic carbocycles. The van der Waals surface area contributed by atoms with E-state index < -0.39 is 6.09 Å². The van der Waals surface area contributed by atoms with Crippen LogP contribution in [0.25, 0.3) is 0 Å². The number of halogens is 2. The van der Waals surface area contributed by atoms with Gasteiger partial charge in [-0.25, -0.2) is 4.79 Å². The summed E-state index contributed by atoms with van der Waals surface area (Å²) in [5.41, 5.74) is 0. The lowest BCUT2D eigenvalue weighted by atomic mass is 10.1. The molecular weight excluding hydrogens is 321 g/mol. The quantitative estimate of drug-likeness (QED) is 0.898. The van der Waals surface area contributed by atoms with E-state index in [2.05, 4.69) is 15.9 Å². The maximum absolute atomic E-state index is 10.8. The van der Waals surface area contributed by atoms with Crippen LogP contribution in [0.1, 0.15) is 12.8 Å². The first-order valence-electron chi connectivity index (χ1n) is 5.66. The van der Waals surface area contributed by atoms with Crippen LogP contribution in [0.4, 0.5) is 4.79 Å². The Balaban J connectivity index is 1.95. The molecule has 6 heteroatoms. The second-order valence-corrected chi connectivity index (χ2v) is 5.48. The summed E-state index contributed by atoms with van der Waals surface area (Å²) in [6.45, 7) is 1.01. The lowest BCUT2D eigenvalue weighted by Gasteiger charge is -2.30. The zero-order chi connectivity index (χ0) is 13.1. The minimum absolute atomic E-state index is 0.0207. The van der Waals surface area contributed by atoms with Gasteiger partial charge in [-0.05, 0) is 18.2 Å². The van der Waals surface area contributed by atoms with Crippen molar-refractivity contribution < 1.29 is 14.6 Å². The van der Waals surface area contributed by atoms with Gasteiger partial charge in [0.2, 0.25) is 0 Å². The molecule has 2 rings (SSSR count). The van der Waals surface area contributed by atoms with E-state index in [1.807, 2.05) is 12.1 Å². The first-order valence-corrected chi connectivity index (χ1v) is 6.83. The van der Waals surface area contributed by atoms with Crippen LogP contribution >= 0.6 is 27.5 Å². The zero-order valence-corrected chi connectivity index (χ0v) is 11.9. The van der Waals surface area contributed by atoms with Gasteiger partial charge in [-0.15, -0.1) is 0 Å². The third-order valence-electron chi connectivity index (χ3n) is 2.90. The Bertz CT molecular complexity index is 447. The van der Waals surface area contributed by atoms with Crippen molar-refractivity contribution in [2.75, 3.05) is 13.1 Å². The Labute approximate surface area is 119 Å². The fraction of sp³-hybridized carbons (Fsp3) is 0.417. The van der Waals surface area contributed by atoms with Crippen LogP contribution in [-0.2, 0) is 0 Å². The molecule has 1 N–H and O–H groups in total. The molecule has 0 saturated carbocycles. The standard InChI is InChI=1S/C12H13BrClNO3/c13-8-1-2-10(14)11(7-8)18-9-3-5-15(6-4-9)12(16)17/h1-2,7,9H,3-6H2,(H,16,17). The molecule has 0 unspecified atom stereocenters. The average molecular weight is 335 g/mol. The number of rotatable bonds is 2. The van der Waals surface area contributed by atoms with Crippen molar-refractivity contribution in [3.05, 3.63) is 27.7 Å². The van der Waals surface area contributed by atoms with Crippen molar-refractivity contribution in [3.8, 4) is 5.75 Å². The Kier molecular flexibility index (Phi) is 4.35. The fourth-order valence-corrected chi connectivity index (χ4v) is 2.41. The largest absolute Gasteiger partial charge is 0.489 e. The van der Waals surface area contributed by atoms with Gasteiger partial charge < -0.3 is 14.7 Å². The van der Waals surface area contributed by atoms with Gasteiger partial charge in [0.15, 0.2) is 0 Å². The third-order valence-corrected chi connectivity index (χ3v) is 3.70. The maximum Gasteiger partial charge on any atom is 0.407 e. The predicted molar refractivity (Wildman–Crippen MR) is 72.4 cm³/mol. The number of ether oxygens (including phenoxy) is 1. The molecule has 0 spiro atoms. The van der Waals surface area contributed by atoms with Crippen LogP contribution < -0.4 is 4.74 Å². The summed E-state index contributed by atoms with van der Waals surface area (Å²) in [6.07, 6.45) is 0.533. The third kappa shape index (κ3) is 3.29. The molecule has 0 bridgehead atoms. The first kappa shape index (κ1) is 13.5. The van der Waals surface area contributed by atoms with Crippen molar-refractivity contribution >= 4 is 33.6 Å². The van der Waals surface area contributed by atoms with E-state index in [0.29, 0.717) is 36.7 Å². The number of piperidine rings is 1. The average Bonchev–Trinajstić information content (AvgIpc) is 2.34. The highest BCUT2D eigenvalue weighted by Gasteiger charge is 2.23. The highest BCUT2D eigenvalue weighted by molar-refractivity contribution is 9.10. The van der Waals surface area contributed by atoms with E-state index in [4.69, 9.17) is 21.4 Å². The normalized spacial score (nSPS) is 16.7. The van der Waals surface area contributed by atoms with Crippen molar-refractivity contribution in [3.63, 3.8) is 0 Å². The van der Waals surface area contributed by atoms with Crippen LogP contribution in [0.3, 0.4) is 0 Å². The monoisotopic (exact) mass is 333 g/mol. The van der Waals surface area contributed by atoms with Gasteiger partial charge in [-0.1, -0.05) is 27.5 Å². The summed E-state index contributed by atoms with van der Waals surface area (Å²) in [6, 6.07) is 5.45. The first-order chi connectivity index (χ1) is 8.56. The van der Waals surface area contributed by atoms with E-state index in [1.165, 1.54) is 4.90 Å². The van der Waals surface area contributed by atoms with Crippen LogP contribution in [0, 0.1) is 0 Å². The minimum Gasteiger partial charge on any atom is -0.489 e. The smallest absolute Gasteiger partial charge is 0.407 e. The summed E-state index contributed by atoms with van der Waals surface area (Å²) in [4.78, 5) is 12.2. The summed E-state index contributed by atoms with van der Waals surface area (Å²) < 4.78 is 6.72. The second kappa shape index (κ2) is 5.80. The van der Waals surface area contributed by atoms with E-state index >= 15 is 0 Å². The van der Waals surface area contributed by atoms with Gasteiger partial charge in [0.1, 0.15) is 11.9 Å². The highest BCUT2D eigenvalue weighted by atomic mass is 79.9. The topological polar surface area (TPSA) is 49.8 Å². The Morgan fingerprint density at radius 3 is 2.72 bits per heavy atom. The molecule has 0 aromatic heterocycles. The second-order valence-electron chi connectivity index (χ2n) is 4.16. The molecule has 1 aliphatic heterocycles. The Morgan fingerprint density at radius 2 is 2.11 bits per heavy atom. The van der Waals surface area contributed by atoms with Gasteiger partial charge in [0, 0.05) is 30.4 Å². The van der Waals surface area contributed by atoms with Crippen LogP contribution in [0.15, 0.2) is 22.7 Å². The zero-order valence-electron chi connectivity index (χ0n) is 9.60. The Morgan fingerprint density at radius 1 is 1.44 bits per heavy atom. The number of benzene rings is 1. The maximum atomic E-state index is 10.8. The van der Waals surface area contributed by atoms with Crippen molar-refractivity contribution in [2.24, 2.45) is 0 Å². The highest BCUT2D eigenvalue weighted by Crippen LogP contribution is 2.30.